The van der Waals surface area contributed by atoms with Crippen molar-refractivity contribution in [3.05, 3.63) is 24.4 Å². The summed E-state index contributed by atoms with van der Waals surface area (Å²) in [6.45, 7) is 1.59. The molecule has 2 unspecified atom stereocenters. The molecule has 0 radical (unpaired) electrons. The van der Waals surface area contributed by atoms with E-state index >= 15 is 0 Å². The molecule has 2 aromatic rings. The molecular formula is C10H13ClN4O. The molecule has 0 fully saturated rings. The van der Waals surface area contributed by atoms with Crippen molar-refractivity contribution in [1.29, 1.82) is 0 Å². The van der Waals surface area contributed by atoms with Crippen molar-refractivity contribution in [2.24, 2.45) is 0 Å². The fraction of sp³-hybridized carbons (Fsp3) is 0.300. The van der Waals surface area contributed by atoms with Gasteiger partial charge < -0.3 is 16.2 Å². The summed E-state index contributed by atoms with van der Waals surface area (Å²) in [5.41, 5.74) is 6.61. The quantitative estimate of drug-likeness (QED) is 0.558. The number of alkyl halides is 1. The third-order valence-corrected chi connectivity index (χ3v) is 2.75. The van der Waals surface area contributed by atoms with Gasteiger partial charge in [-0.3, -0.25) is 0 Å². The Labute approximate surface area is 97.8 Å². The number of halogens is 1. The SMILES string of the molecule is CC(O)C(Cl)Nc1nn2ccccc2c1N. The number of nitrogens with two attached hydrogens (primary N) is 1. The first-order chi connectivity index (χ1) is 7.59. The van der Waals surface area contributed by atoms with Crippen molar-refractivity contribution in [1.82, 2.24) is 9.61 Å². The molecule has 0 aliphatic heterocycles. The van der Waals surface area contributed by atoms with Gasteiger partial charge in [-0.15, -0.1) is 5.10 Å². The number of hydrogen-bond acceptors (Lipinski definition) is 4. The smallest absolute Gasteiger partial charge is 0.173 e. The van der Waals surface area contributed by atoms with Crippen molar-refractivity contribution in [2.75, 3.05) is 11.1 Å². The minimum absolute atomic E-state index is 0.479. The largest absolute Gasteiger partial charge is 0.394 e. The predicted molar refractivity (Wildman–Crippen MR) is 64.5 cm³/mol. The molecule has 0 spiro atoms. The van der Waals surface area contributed by atoms with E-state index in [0.717, 1.165) is 5.52 Å². The number of nitrogens with one attached hydrogen (secondary N) is 1. The van der Waals surface area contributed by atoms with Crippen LogP contribution in [0.1, 0.15) is 6.92 Å². The van der Waals surface area contributed by atoms with Crippen molar-refractivity contribution >= 4 is 28.6 Å². The summed E-state index contributed by atoms with van der Waals surface area (Å²) in [6.07, 6.45) is 1.11. The maximum absolute atomic E-state index is 9.28. The van der Waals surface area contributed by atoms with Crippen LogP contribution >= 0.6 is 11.6 Å². The molecule has 0 aliphatic rings. The number of hydrogen-bond donors (Lipinski definition) is 3. The maximum atomic E-state index is 9.28. The molecule has 2 atom stereocenters. The van der Waals surface area contributed by atoms with Crippen molar-refractivity contribution in [2.45, 2.75) is 18.5 Å². The van der Waals surface area contributed by atoms with Crippen LogP contribution in [0.25, 0.3) is 5.52 Å². The second kappa shape index (κ2) is 4.19. The average molecular weight is 241 g/mol. The van der Waals surface area contributed by atoms with Crippen LogP contribution in [0.15, 0.2) is 24.4 Å². The lowest BCUT2D eigenvalue weighted by molar-refractivity contribution is 0.196. The summed E-state index contributed by atoms with van der Waals surface area (Å²) in [7, 11) is 0. The summed E-state index contributed by atoms with van der Waals surface area (Å²) in [6, 6.07) is 5.60. The lowest BCUT2D eigenvalue weighted by Crippen LogP contribution is -2.25. The summed E-state index contributed by atoms with van der Waals surface area (Å²) < 4.78 is 1.66. The number of aliphatic hydroxyl groups excluding tert-OH is 1. The zero-order valence-electron chi connectivity index (χ0n) is 8.76. The lowest BCUT2D eigenvalue weighted by Gasteiger charge is -2.13. The number of fused-ring (bicyclic) bond motifs is 1. The van der Waals surface area contributed by atoms with Crippen LogP contribution in [0, 0.1) is 0 Å². The van der Waals surface area contributed by atoms with E-state index in [9.17, 15) is 5.11 Å². The van der Waals surface area contributed by atoms with E-state index in [0.29, 0.717) is 11.5 Å². The fourth-order valence-electron chi connectivity index (χ4n) is 1.38. The van der Waals surface area contributed by atoms with Crippen LogP contribution in [-0.4, -0.2) is 26.3 Å². The topological polar surface area (TPSA) is 75.6 Å². The molecule has 0 aliphatic carbocycles. The molecule has 0 amide bonds. The van der Waals surface area contributed by atoms with Crippen LogP contribution in [0.4, 0.5) is 11.5 Å². The van der Waals surface area contributed by atoms with Gasteiger partial charge >= 0.3 is 0 Å². The van der Waals surface area contributed by atoms with Crippen molar-refractivity contribution in [3.63, 3.8) is 0 Å². The van der Waals surface area contributed by atoms with Crippen molar-refractivity contribution < 1.29 is 5.11 Å². The molecule has 86 valence electrons. The Morgan fingerprint density at radius 3 is 2.94 bits per heavy atom. The van der Waals surface area contributed by atoms with Crippen molar-refractivity contribution in [3.8, 4) is 0 Å². The van der Waals surface area contributed by atoms with E-state index in [4.69, 9.17) is 17.3 Å². The van der Waals surface area contributed by atoms with Gasteiger partial charge in [-0.2, -0.15) is 0 Å². The van der Waals surface area contributed by atoms with Crippen LogP contribution in [0.5, 0.6) is 0 Å². The molecular weight excluding hydrogens is 228 g/mol. The van der Waals surface area contributed by atoms with Crippen LogP contribution in [0.2, 0.25) is 0 Å². The first-order valence-electron chi connectivity index (χ1n) is 4.91. The number of nitrogen functional groups attached to an aromatic ring is 1. The first kappa shape index (κ1) is 11.0. The molecule has 2 rings (SSSR count). The Hall–Kier alpha value is -1.46. The van der Waals surface area contributed by atoms with Gasteiger partial charge in [-0.1, -0.05) is 17.7 Å². The maximum Gasteiger partial charge on any atom is 0.173 e. The minimum atomic E-state index is -0.689. The van der Waals surface area contributed by atoms with E-state index in [2.05, 4.69) is 10.4 Å². The van der Waals surface area contributed by atoms with Gasteiger partial charge in [0.2, 0.25) is 0 Å². The standard InChI is InChI=1S/C10H13ClN4O/c1-6(16)9(11)13-10-8(12)7-4-2-3-5-15(7)14-10/h2-6,9,16H,12H2,1H3,(H,13,14). The number of rotatable bonds is 3. The molecule has 5 nitrogen and oxygen atoms in total. The van der Waals surface area contributed by atoms with Gasteiger partial charge in [0.25, 0.3) is 0 Å². The molecule has 2 heterocycles. The second-order valence-corrected chi connectivity index (χ2v) is 4.05. The summed E-state index contributed by atoms with van der Waals surface area (Å²) in [5, 5.41) is 16.4. The highest BCUT2D eigenvalue weighted by Crippen LogP contribution is 2.24. The number of anilines is 2. The number of pyridine rings is 1. The zero-order chi connectivity index (χ0) is 11.7. The highest BCUT2D eigenvalue weighted by molar-refractivity contribution is 6.22. The van der Waals surface area contributed by atoms with E-state index in [-0.39, 0.29) is 0 Å². The van der Waals surface area contributed by atoms with E-state index in [1.165, 1.54) is 0 Å². The normalized spacial score (nSPS) is 14.9. The predicted octanol–water partition coefficient (Wildman–Crippen LogP) is 1.27. The summed E-state index contributed by atoms with van der Waals surface area (Å²) in [4.78, 5) is 0. The average Bonchev–Trinajstić information content (AvgIpc) is 2.56. The summed E-state index contributed by atoms with van der Waals surface area (Å²) >= 11 is 5.88. The highest BCUT2D eigenvalue weighted by Gasteiger charge is 2.15. The third kappa shape index (κ3) is 1.91. The van der Waals surface area contributed by atoms with Gasteiger partial charge in [0.05, 0.1) is 11.6 Å². The first-order valence-corrected chi connectivity index (χ1v) is 5.34. The molecule has 0 aromatic carbocycles. The molecule has 0 bridgehead atoms. The Balaban J connectivity index is 2.35. The monoisotopic (exact) mass is 240 g/mol. The van der Waals surface area contributed by atoms with E-state index < -0.39 is 11.6 Å². The number of aromatic nitrogens is 2. The van der Waals surface area contributed by atoms with E-state index in [1.54, 1.807) is 17.6 Å². The zero-order valence-corrected chi connectivity index (χ0v) is 9.52. The molecule has 0 saturated heterocycles. The van der Waals surface area contributed by atoms with Gasteiger partial charge in [0.15, 0.2) is 5.82 Å². The van der Waals surface area contributed by atoms with Crippen LogP contribution in [-0.2, 0) is 0 Å². The highest BCUT2D eigenvalue weighted by atomic mass is 35.5. The Kier molecular flexibility index (Phi) is 2.89. The van der Waals surface area contributed by atoms with E-state index in [1.807, 2.05) is 18.2 Å². The Morgan fingerprint density at radius 1 is 1.56 bits per heavy atom. The van der Waals surface area contributed by atoms with Gasteiger partial charge in [-0.25, -0.2) is 4.52 Å². The molecule has 16 heavy (non-hydrogen) atoms. The molecule has 4 N–H and O–H groups in total. The number of nitrogens with zero attached hydrogens (tertiary/aromatic N) is 2. The molecule has 6 heteroatoms. The molecule has 0 saturated carbocycles. The number of aliphatic hydroxyl groups is 1. The second-order valence-electron chi connectivity index (χ2n) is 3.58. The van der Waals surface area contributed by atoms with Gasteiger partial charge in [0, 0.05) is 6.20 Å². The Bertz CT molecular complexity index is 497. The van der Waals surface area contributed by atoms with Crippen LogP contribution < -0.4 is 11.1 Å². The summed E-state index contributed by atoms with van der Waals surface area (Å²) in [5.74, 6) is 0.479. The third-order valence-electron chi connectivity index (χ3n) is 2.28. The van der Waals surface area contributed by atoms with Gasteiger partial charge in [0.1, 0.15) is 11.2 Å². The fourth-order valence-corrected chi connectivity index (χ4v) is 1.48. The lowest BCUT2D eigenvalue weighted by atomic mass is 10.3. The minimum Gasteiger partial charge on any atom is -0.394 e. The molecule has 2 aromatic heterocycles. The van der Waals surface area contributed by atoms with Gasteiger partial charge in [-0.05, 0) is 19.1 Å². The van der Waals surface area contributed by atoms with Crippen LogP contribution in [0.3, 0.4) is 0 Å². The Morgan fingerprint density at radius 2 is 2.31 bits per heavy atom.